The molecule has 1 aromatic rings. The zero-order valence-corrected chi connectivity index (χ0v) is 15.5. The van der Waals surface area contributed by atoms with Gasteiger partial charge in [0.15, 0.2) is 6.29 Å². The summed E-state index contributed by atoms with van der Waals surface area (Å²) >= 11 is 0. The molecule has 1 aromatic heterocycles. The van der Waals surface area contributed by atoms with Gasteiger partial charge in [0.2, 0.25) is 0 Å². The number of nitrogens with zero attached hydrogens (tertiary/aromatic N) is 3. The molecule has 1 aliphatic heterocycles. The Morgan fingerprint density at radius 2 is 2.12 bits per heavy atom. The monoisotopic (exact) mass is 343 g/mol. The smallest absolute Gasteiger partial charge is 0.154 e. The highest BCUT2D eigenvalue weighted by atomic mass is 16.5. The van der Waals surface area contributed by atoms with Crippen LogP contribution in [0.15, 0.2) is 17.4 Å². The maximum Gasteiger partial charge on any atom is 0.154 e. The van der Waals surface area contributed by atoms with Crippen LogP contribution in [-0.2, 0) is 0 Å². The molecule has 25 heavy (non-hydrogen) atoms. The van der Waals surface area contributed by atoms with Gasteiger partial charge in [-0.25, -0.2) is 0 Å². The topological polar surface area (TPSA) is 54.8 Å². The number of rotatable bonds is 6. The SMILES string of the molecule is Cc1cncc(OCC2CCCCC2C2C=NCN2C(C)C)c1C=O. The van der Waals surface area contributed by atoms with E-state index in [1.807, 2.05) is 6.92 Å². The van der Waals surface area contributed by atoms with Crippen LogP contribution in [0, 0.1) is 18.8 Å². The molecule has 2 aliphatic rings. The van der Waals surface area contributed by atoms with Gasteiger partial charge >= 0.3 is 0 Å². The van der Waals surface area contributed by atoms with Crippen LogP contribution in [-0.4, -0.2) is 47.7 Å². The minimum Gasteiger partial charge on any atom is -0.491 e. The Kier molecular flexibility index (Phi) is 5.84. The molecule has 0 amide bonds. The number of aryl methyl sites for hydroxylation is 1. The first kappa shape index (κ1) is 18.1. The van der Waals surface area contributed by atoms with E-state index in [4.69, 9.17) is 4.74 Å². The largest absolute Gasteiger partial charge is 0.491 e. The van der Waals surface area contributed by atoms with Crippen molar-refractivity contribution in [3.05, 3.63) is 23.5 Å². The summed E-state index contributed by atoms with van der Waals surface area (Å²) in [7, 11) is 0. The predicted molar refractivity (Wildman–Crippen MR) is 99.4 cm³/mol. The number of aromatic nitrogens is 1. The normalized spacial score (nSPS) is 27.0. The van der Waals surface area contributed by atoms with Crippen LogP contribution in [0.1, 0.15) is 55.5 Å². The molecule has 1 fully saturated rings. The third-order valence-electron chi connectivity index (χ3n) is 5.68. The molecule has 1 aliphatic carbocycles. The first-order chi connectivity index (χ1) is 12.1. The molecule has 0 N–H and O–H groups in total. The standard InChI is InChI=1S/C20H29N3O2/c1-14(2)23-13-22-9-19(23)17-7-5-4-6-16(17)12-25-20-10-21-8-15(3)18(20)11-24/h8-11,14,16-17,19H,4-7,12-13H2,1-3H3. The van der Waals surface area contributed by atoms with Crippen molar-refractivity contribution in [2.24, 2.45) is 16.8 Å². The van der Waals surface area contributed by atoms with Crippen LogP contribution in [0.25, 0.3) is 0 Å². The van der Waals surface area contributed by atoms with Crippen LogP contribution in [0.5, 0.6) is 5.75 Å². The number of aliphatic imine (C=N–C) groups is 1. The third kappa shape index (κ3) is 3.92. The lowest BCUT2D eigenvalue weighted by Gasteiger charge is -2.39. The highest BCUT2D eigenvalue weighted by Gasteiger charge is 2.37. The summed E-state index contributed by atoms with van der Waals surface area (Å²) < 4.78 is 6.08. The summed E-state index contributed by atoms with van der Waals surface area (Å²) in [6.45, 7) is 7.83. The van der Waals surface area contributed by atoms with Crippen molar-refractivity contribution < 1.29 is 9.53 Å². The van der Waals surface area contributed by atoms with E-state index in [2.05, 4.69) is 34.9 Å². The fourth-order valence-electron chi connectivity index (χ4n) is 4.20. The van der Waals surface area contributed by atoms with Crippen molar-refractivity contribution in [3.63, 3.8) is 0 Å². The molecule has 5 heteroatoms. The van der Waals surface area contributed by atoms with Gasteiger partial charge < -0.3 is 4.74 Å². The van der Waals surface area contributed by atoms with Gasteiger partial charge in [0.1, 0.15) is 5.75 Å². The maximum absolute atomic E-state index is 11.4. The summed E-state index contributed by atoms with van der Waals surface area (Å²) in [6.07, 6.45) is 11.3. The molecule has 0 aromatic carbocycles. The highest BCUT2D eigenvalue weighted by Crippen LogP contribution is 2.36. The Labute approximate surface area is 150 Å². The summed E-state index contributed by atoms with van der Waals surface area (Å²) in [5.74, 6) is 1.67. The van der Waals surface area contributed by atoms with Crippen molar-refractivity contribution in [3.8, 4) is 5.75 Å². The first-order valence-electron chi connectivity index (χ1n) is 9.40. The van der Waals surface area contributed by atoms with E-state index in [1.54, 1.807) is 12.4 Å². The maximum atomic E-state index is 11.4. The van der Waals surface area contributed by atoms with E-state index in [0.717, 1.165) is 18.5 Å². The van der Waals surface area contributed by atoms with Gasteiger partial charge in [-0.05, 0) is 51.0 Å². The summed E-state index contributed by atoms with van der Waals surface area (Å²) in [5.41, 5.74) is 1.48. The van der Waals surface area contributed by atoms with Crippen molar-refractivity contribution in [2.75, 3.05) is 13.3 Å². The molecule has 3 rings (SSSR count). The Bertz CT molecular complexity index is 629. The second kappa shape index (κ2) is 8.09. The summed E-state index contributed by atoms with van der Waals surface area (Å²) in [4.78, 5) is 22.6. The van der Waals surface area contributed by atoms with Crippen LogP contribution in [0.3, 0.4) is 0 Å². The Balaban J connectivity index is 1.71. The van der Waals surface area contributed by atoms with Crippen LogP contribution in [0.2, 0.25) is 0 Å². The molecule has 0 saturated heterocycles. The Morgan fingerprint density at radius 1 is 1.32 bits per heavy atom. The summed E-state index contributed by atoms with van der Waals surface area (Å²) in [6, 6.07) is 0.911. The quantitative estimate of drug-likeness (QED) is 0.742. The third-order valence-corrected chi connectivity index (χ3v) is 5.68. The van der Waals surface area contributed by atoms with Crippen molar-refractivity contribution >= 4 is 12.5 Å². The number of aldehydes is 1. The van der Waals surface area contributed by atoms with E-state index in [-0.39, 0.29) is 0 Å². The minimum absolute atomic E-state index is 0.412. The fourth-order valence-corrected chi connectivity index (χ4v) is 4.20. The molecule has 0 spiro atoms. The number of ether oxygens (including phenoxy) is 1. The van der Waals surface area contributed by atoms with E-state index in [9.17, 15) is 4.79 Å². The second-order valence-corrected chi connectivity index (χ2v) is 7.58. The minimum atomic E-state index is 0.412. The number of carbonyl (C=O) groups excluding carboxylic acids is 1. The average molecular weight is 343 g/mol. The molecule has 0 bridgehead atoms. The lowest BCUT2D eigenvalue weighted by atomic mass is 9.75. The van der Waals surface area contributed by atoms with Crippen molar-refractivity contribution in [2.45, 2.75) is 58.5 Å². The second-order valence-electron chi connectivity index (χ2n) is 7.58. The zero-order valence-electron chi connectivity index (χ0n) is 15.5. The predicted octanol–water partition coefficient (Wildman–Crippen LogP) is 3.51. The molecule has 0 radical (unpaired) electrons. The number of pyridine rings is 1. The fraction of sp³-hybridized carbons (Fsp3) is 0.650. The van der Waals surface area contributed by atoms with Gasteiger partial charge in [-0.3, -0.25) is 19.7 Å². The molecule has 136 valence electrons. The molecule has 5 nitrogen and oxygen atoms in total. The zero-order chi connectivity index (χ0) is 17.8. The molecule has 2 heterocycles. The number of hydrogen-bond acceptors (Lipinski definition) is 5. The lowest BCUT2D eigenvalue weighted by molar-refractivity contribution is 0.0812. The van der Waals surface area contributed by atoms with Crippen LogP contribution in [0.4, 0.5) is 0 Å². The van der Waals surface area contributed by atoms with Crippen molar-refractivity contribution in [1.82, 2.24) is 9.88 Å². The van der Waals surface area contributed by atoms with Crippen LogP contribution < -0.4 is 4.74 Å². The molecule has 3 atom stereocenters. The van der Waals surface area contributed by atoms with Gasteiger partial charge in [-0.15, -0.1) is 0 Å². The Morgan fingerprint density at radius 3 is 2.88 bits per heavy atom. The number of carbonyl (C=O) groups is 1. The van der Waals surface area contributed by atoms with Gasteiger partial charge in [-0.1, -0.05) is 12.8 Å². The highest BCUT2D eigenvalue weighted by molar-refractivity contribution is 5.81. The molecule has 3 unspecified atom stereocenters. The lowest BCUT2D eigenvalue weighted by Crippen LogP contribution is -2.46. The molecular weight excluding hydrogens is 314 g/mol. The van der Waals surface area contributed by atoms with Gasteiger partial charge in [0.05, 0.1) is 25.0 Å². The first-order valence-corrected chi connectivity index (χ1v) is 9.40. The Hall–Kier alpha value is -1.75. The number of hydrogen-bond donors (Lipinski definition) is 0. The van der Waals surface area contributed by atoms with Gasteiger partial charge in [0, 0.05) is 24.5 Å². The van der Waals surface area contributed by atoms with Gasteiger partial charge in [-0.2, -0.15) is 0 Å². The van der Waals surface area contributed by atoms with Crippen molar-refractivity contribution in [1.29, 1.82) is 0 Å². The van der Waals surface area contributed by atoms with E-state index in [0.29, 0.717) is 41.8 Å². The molecular formula is C20H29N3O2. The van der Waals surface area contributed by atoms with E-state index >= 15 is 0 Å². The van der Waals surface area contributed by atoms with E-state index < -0.39 is 0 Å². The summed E-state index contributed by atoms with van der Waals surface area (Å²) in [5, 5.41) is 0. The molecule has 1 saturated carbocycles. The van der Waals surface area contributed by atoms with Gasteiger partial charge in [0.25, 0.3) is 0 Å². The van der Waals surface area contributed by atoms with Crippen LogP contribution >= 0.6 is 0 Å². The van der Waals surface area contributed by atoms with E-state index in [1.165, 1.54) is 25.7 Å². The average Bonchev–Trinajstić information content (AvgIpc) is 3.10.